The summed E-state index contributed by atoms with van der Waals surface area (Å²) in [6.45, 7) is 3.86. The van der Waals surface area contributed by atoms with Crippen LogP contribution in [0, 0.1) is 0 Å². The summed E-state index contributed by atoms with van der Waals surface area (Å²) in [7, 11) is 0. The Morgan fingerprint density at radius 3 is 2.50 bits per heavy atom. The number of benzene rings is 2. The highest BCUT2D eigenvalue weighted by atomic mass is 16.3. The fraction of sp³-hybridized carbons (Fsp3) is 0.278. The molecule has 0 aliphatic carbocycles. The first kappa shape index (κ1) is 16.2. The Hall–Kier alpha value is -2.17. The van der Waals surface area contributed by atoms with Crippen molar-refractivity contribution in [1.82, 2.24) is 5.32 Å². The van der Waals surface area contributed by atoms with Crippen LogP contribution in [-0.2, 0) is 11.4 Å². The number of carbonyl (C=O) groups is 1. The molecule has 3 N–H and O–H groups in total. The van der Waals surface area contributed by atoms with Crippen molar-refractivity contribution in [2.24, 2.45) is 0 Å². The van der Waals surface area contributed by atoms with Gasteiger partial charge in [-0.1, -0.05) is 42.5 Å². The van der Waals surface area contributed by atoms with Gasteiger partial charge >= 0.3 is 0 Å². The van der Waals surface area contributed by atoms with E-state index in [4.69, 9.17) is 0 Å². The van der Waals surface area contributed by atoms with Crippen LogP contribution in [-0.4, -0.2) is 17.1 Å². The monoisotopic (exact) mass is 298 g/mol. The maximum atomic E-state index is 12.2. The molecule has 2 atom stereocenters. The molecule has 4 heteroatoms. The van der Waals surface area contributed by atoms with Gasteiger partial charge in [0.15, 0.2) is 0 Å². The summed E-state index contributed by atoms with van der Waals surface area (Å²) < 4.78 is 0. The average molecular weight is 298 g/mol. The summed E-state index contributed by atoms with van der Waals surface area (Å²) in [6, 6.07) is 16.8. The van der Waals surface area contributed by atoms with Crippen molar-refractivity contribution in [2.75, 3.05) is 5.32 Å². The third kappa shape index (κ3) is 4.41. The summed E-state index contributed by atoms with van der Waals surface area (Å²) in [5, 5.41) is 15.3. The molecule has 0 aliphatic rings. The largest absolute Gasteiger partial charge is 0.392 e. The second-order valence-electron chi connectivity index (χ2n) is 5.37. The average Bonchev–Trinajstić information content (AvgIpc) is 2.55. The molecule has 2 aromatic carbocycles. The van der Waals surface area contributed by atoms with Gasteiger partial charge in [0.1, 0.15) is 0 Å². The fourth-order valence-electron chi connectivity index (χ4n) is 2.28. The van der Waals surface area contributed by atoms with Crippen LogP contribution in [0.1, 0.15) is 31.0 Å². The molecule has 0 unspecified atom stereocenters. The van der Waals surface area contributed by atoms with Crippen LogP contribution in [0.15, 0.2) is 54.6 Å². The molecule has 116 valence electrons. The van der Waals surface area contributed by atoms with Crippen molar-refractivity contribution in [3.05, 3.63) is 65.7 Å². The van der Waals surface area contributed by atoms with Crippen molar-refractivity contribution >= 4 is 11.6 Å². The lowest BCUT2D eigenvalue weighted by molar-refractivity contribution is -0.117. The summed E-state index contributed by atoms with van der Waals surface area (Å²) >= 11 is 0. The van der Waals surface area contributed by atoms with Gasteiger partial charge in [-0.25, -0.2) is 0 Å². The molecule has 0 aromatic heterocycles. The molecule has 4 nitrogen and oxygen atoms in total. The van der Waals surface area contributed by atoms with E-state index >= 15 is 0 Å². The van der Waals surface area contributed by atoms with E-state index in [0.717, 1.165) is 16.8 Å². The van der Waals surface area contributed by atoms with Crippen molar-refractivity contribution in [3.63, 3.8) is 0 Å². The van der Waals surface area contributed by atoms with Crippen LogP contribution in [0.25, 0.3) is 0 Å². The lowest BCUT2D eigenvalue weighted by atomic mass is 10.0. The first-order valence-electron chi connectivity index (χ1n) is 7.42. The predicted octanol–water partition coefficient (Wildman–Crippen LogP) is 2.86. The van der Waals surface area contributed by atoms with Gasteiger partial charge in [0, 0.05) is 11.7 Å². The number of hydrogen-bond donors (Lipinski definition) is 3. The smallest absolute Gasteiger partial charge is 0.241 e. The van der Waals surface area contributed by atoms with Gasteiger partial charge in [-0.05, 0) is 37.1 Å². The Balaban J connectivity index is 1.95. The van der Waals surface area contributed by atoms with Gasteiger partial charge in [0.2, 0.25) is 5.91 Å². The third-order valence-electron chi connectivity index (χ3n) is 3.57. The third-order valence-corrected chi connectivity index (χ3v) is 3.57. The predicted molar refractivity (Wildman–Crippen MR) is 88.4 cm³/mol. The SMILES string of the molecule is C[C@H](N[C@@H](C)c1cccc(CO)c1)C(=O)Nc1ccccc1. The Labute approximate surface area is 131 Å². The van der Waals surface area contributed by atoms with Crippen LogP contribution in [0.2, 0.25) is 0 Å². The van der Waals surface area contributed by atoms with Gasteiger partial charge in [-0.15, -0.1) is 0 Å². The topological polar surface area (TPSA) is 61.4 Å². The van der Waals surface area contributed by atoms with Gasteiger partial charge < -0.3 is 10.4 Å². The first-order chi connectivity index (χ1) is 10.6. The van der Waals surface area contributed by atoms with Gasteiger partial charge in [-0.2, -0.15) is 0 Å². The minimum Gasteiger partial charge on any atom is -0.392 e. The minimum atomic E-state index is -0.326. The highest BCUT2D eigenvalue weighted by Gasteiger charge is 2.16. The normalized spacial score (nSPS) is 13.4. The van der Waals surface area contributed by atoms with E-state index in [0.29, 0.717) is 0 Å². The number of aliphatic hydroxyl groups is 1. The molecule has 22 heavy (non-hydrogen) atoms. The number of hydrogen-bond acceptors (Lipinski definition) is 3. The number of aliphatic hydroxyl groups excluding tert-OH is 1. The van der Waals surface area contributed by atoms with Crippen molar-refractivity contribution in [2.45, 2.75) is 32.5 Å². The standard InChI is InChI=1S/C18H22N2O2/c1-13(16-8-6-7-15(11-16)12-21)19-14(2)18(22)20-17-9-4-3-5-10-17/h3-11,13-14,19,21H,12H2,1-2H3,(H,20,22)/t13-,14-/m0/s1. The second-order valence-corrected chi connectivity index (χ2v) is 5.37. The quantitative estimate of drug-likeness (QED) is 0.768. The van der Waals surface area contributed by atoms with E-state index in [1.54, 1.807) is 0 Å². The van der Waals surface area contributed by atoms with Crippen LogP contribution >= 0.6 is 0 Å². The molecule has 0 radical (unpaired) electrons. The molecular formula is C18H22N2O2. The van der Waals surface area contributed by atoms with Crippen molar-refractivity contribution in [3.8, 4) is 0 Å². The van der Waals surface area contributed by atoms with Gasteiger partial charge in [0.05, 0.1) is 12.6 Å². The zero-order valence-electron chi connectivity index (χ0n) is 12.9. The Kier molecular flexibility index (Phi) is 5.69. The lowest BCUT2D eigenvalue weighted by Crippen LogP contribution is -2.39. The van der Waals surface area contributed by atoms with E-state index in [1.807, 2.05) is 68.4 Å². The van der Waals surface area contributed by atoms with Crippen molar-refractivity contribution < 1.29 is 9.90 Å². The van der Waals surface area contributed by atoms with E-state index in [1.165, 1.54) is 0 Å². The molecule has 0 aliphatic heterocycles. The molecule has 0 saturated carbocycles. The number of rotatable bonds is 6. The lowest BCUT2D eigenvalue weighted by Gasteiger charge is -2.20. The molecule has 2 rings (SSSR count). The Bertz CT molecular complexity index is 613. The number of para-hydroxylation sites is 1. The second kappa shape index (κ2) is 7.73. The van der Waals surface area contributed by atoms with Crippen LogP contribution < -0.4 is 10.6 Å². The molecule has 2 aromatic rings. The minimum absolute atomic E-state index is 0.0167. The maximum absolute atomic E-state index is 12.2. The van der Waals surface area contributed by atoms with E-state index in [9.17, 15) is 9.90 Å². The fourth-order valence-corrected chi connectivity index (χ4v) is 2.28. The zero-order chi connectivity index (χ0) is 15.9. The summed E-state index contributed by atoms with van der Waals surface area (Å²) in [4.78, 5) is 12.2. The van der Waals surface area contributed by atoms with Crippen LogP contribution in [0.3, 0.4) is 0 Å². The van der Waals surface area contributed by atoms with Gasteiger partial charge in [-0.3, -0.25) is 10.1 Å². The molecular weight excluding hydrogens is 276 g/mol. The summed E-state index contributed by atoms with van der Waals surface area (Å²) in [5.41, 5.74) is 2.70. The number of anilines is 1. The van der Waals surface area contributed by atoms with E-state index < -0.39 is 0 Å². The van der Waals surface area contributed by atoms with E-state index in [2.05, 4.69) is 10.6 Å². The maximum Gasteiger partial charge on any atom is 0.241 e. The summed E-state index contributed by atoms with van der Waals surface area (Å²) in [5.74, 6) is -0.0728. The highest BCUT2D eigenvalue weighted by Crippen LogP contribution is 2.15. The Morgan fingerprint density at radius 1 is 1.09 bits per heavy atom. The van der Waals surface area contributed by atoms with Gasteiger partial charge in [0.25, 0.3) is 0 Å². The molecule has 0 bridgehead atoms. The molecule has 0 fully saturated rings. The summed E-state index contributed by atoms with van der Waals surface area (Å²) in [6.07, 6.45) is 0. The van der Waals surface area contributed by atoms with E-state index in [-0.39, 0.29) is 24.6 Å². The molecule has 0 saturated heterocycles. The highest BCUT2D eigenvalue weighted by molar-refractivity contribution is 5.94. The number of carbonyl (C=O) groups excluding carboxylic acids is 1. The Morgan fingerprint density at radius 2 is 1.82 bits per heavy atom. The number of amides is 1. The van der Waals surface area contributed by atoms with Crippen LogP contribution in [0.5, 0.6) is 0 Å². The molecule has 1 amide bonds. The number of nitrogens with one attached hydrogen (secondary N) is 2. The molecule has 0 spiro atoms. The first-order valence-corrected chi connectivity index (χ1v) is 7.42. The van der Waals surface area contributed by atoms with Crippen molar-refractivity contribution in [1.29, 1.82) is 0 Å². The molecule has 0 heterocycles. The zero-order valence-corrected chi connectivity index (χ0v) is 12.9. The van der Waals surface area contributed by atoms with Crippen LogP contribution in [0.4, 0.5) is 5.69 Å².